The summed E-state index contributed by atoms with van der Waals surface area (Å²) < 4.78 is 5.38. The van der Waals surface area contributed by atoms with Crippen molar-refractivity contribution in [2.75, 3.05) is 18.1 Å². The van der Waals surface area contributed by atoms with Gasteiger partial charge in [-0.3, -0.25) is 9.69 Å². The van der Waals surface area contributed by atoms with Gasteiger partial charge in [-0.1, -0.05) is 15.9 Å². The van der Waals surface area contributed by atoms with E-state index in [1.54, 1.807) is 23.2 Å². The number of amides is 1. The summed E-state index contributed by atoms with van der Waals surface area (Å²) in [5.74, 6) is 1.51. The third-order valence-corrected chi connectivity index (χ3v) is 3.00. The first kappa shape index (κ1) is 11.4. The predicted octanol–water partition coefficient (Wildman–Crippen LogP) is 1.98. The molecule has 0 bridgehead atoms. The molecule has 1 amide bonds. The highest BCUT2D eigenvalue weighted by Crippen LogP contribution is 2.25. The molecule has 5 heteroatoms. The number of ether oxygens (including phenoxy) is 1. The van der Waals surface area contributed by atoms with Crippen LogP contribution in [0.4, 0.5) is 5.82 Å². The molecule has 1 fully saturated rings. The molecule has 4 nitrogen and oxygen atoms in total. The Bertz CT molecular complexity index is 397. The van der Waals surface area contributed by atoms with Crippen LogP contribution in [0.25, 0.3) is 0 Å². The lowest BCUT2D eigenvalue weighted by Crippen LogP contribution is -2.25. The number of aromatic nitrogens is 1. The minimum Gasteiger partial charge on any atom is -0.494 e. The summed E-state index contributed by atoms with van der Waals surface area (Å²) in [6.07, 6.45) is 2.19. The molecule has 0 spiro atoms. The van der Waals surface area contributed by atoms with Gasteiger partial charge in [0.15, 0.2) is 0 Å². The van der Waals surface area contributed by atoms with Crippen molar-refractivity contribution in [1.82, 2.24) is 4.98 Å². The second-order valence-corrected chi connectivity index (χ2v) is 4.88. The summed E-state index contributed by atoms with van der Waals surface area (Å²) >= 11 is 3.44. The van der Waals surface area contributed by atoms with Gasteiger partial charge in [0, 0.05) is 30.1 Å². The molecule has 0 N–H and O–H groups in total. The number of carbonyl (C=O) groups is 1. The van der Waals surface area contributed by atoms with E-state index >= 15 is 0 Å². The smallest absolute Gasteiger partial charge is 0.229 e. The largest absolute Gasteiger partial charge is 0.494 e. The van der Waals surface area contributed by atoms with Crippen LogP contribution in [0.1, 0.15) is 13.3 Å². The van der Waals surface area contributed by atoms with Crippen molar-refractivity contribution in [3.8, 4) is 5.75 Å². The minimum atomic E-state index is 0.100. The van der Waals surface area contributed by atoms with Crippen LogP contribution >= 0.6 is 15.9 Å². The summed E-state index contributed by atoms with van der Waals surface area (Å²) in [6.45, 7) is 3.20. The van der Waals surface area contributed by atoms with Gasteiger partial charge in [-0.2, -0.15) is 0 Å². The van der Waals surface area contributed by atoms with Crippen LogP contribution in [-0.4, -0.2) is 28.9 Å². The van der Waals surface area contributed by atoms with Gasteiger partial charge in [0.1, 0.15) is 11.6 Å². The van der Waals surface area contributed by atoms with E-state index < -0.39 is 0 Å². The molecule has 1 aromatic rings. The van der Waals surface area contributed by atoms with Crippen molar-refractivity contribution in [2.24, 2.45) is 0 Å². The normalized spacial score (nSPS) is 20.2. The molecular weight excluding hydrogens is 272 g/mol. The number of anilines is 1. The Hall–Kier alpha value is -1.10. The first-order chi connectivity index (χ1) is 7.70. The van der Waals surface area contributed by atoms with Gasteiger partial charge in [0.05, 0.1) is 6.61 Å². The van der Waals surface area contributed by atoms with Gasteiger partial charge in [-0.15, -0.1) is 0 Å². The Morgan fingerprint density at radius 1 is 1.69 bits per heavy atom. The van der Waals surface area contributed by atoms with Crippen LogP contribution < -0.4 is 9.64 Å². The highest BCUT2D eigenvalue weighted by Gasteiger charge is 2.29. The molecular formula is C11H13BrN2O2. The Labute approximate surface area is 103 Å². The second kappa shape index (κ2) is 4.82. The monoisotopic (exact) mass is 284 g/mol. The average molecular weight is 285 g/mol. The molecule has 86 valence electrons. The van der Waals surface area contributed by atoms with E-state index in [1.807, 2.05) is 6.92 Å². The molecule has 2 heterocycles. The first-order valence-electron chi connectivity index (χ1n) is 5.24. The van der Waals surface area contributed by atoms with Gasteiger partial charge < -0.3 is 4.74 Å². The summed E-state index contributed by atoms with van der Waals surface area (Å²) in [6, 6.07) is 3.59. The fraction of sp³-hybridized carbons (Fsp3) is 0.455. The SMILES string of the molecule is CCOc1ccnc(N2CC(Br)CC2=O)c1. The van der Waals surface area contributed by atoms with Crippen LogP contribution in [0.15, 0.2) is 18.3 Å². The van der Waals surface area contributed by atoms with Crippen molar-refractivity contribution in [3.05, 3.63) is 18.3 Å². The van der Waals surface area contributed by atoms with Gasteiger partial charge in [0.2, 0.25) is 5.91 Å². The molecule has 1 atom stereocenters. The molecule has 1 aliphatic rings. The van der Waals surface area contributed by atoms with Crippen LogP contribution in [-0.2, 0) is 4.79 Å². The highest BCUT2D eigenvalue weighted by molar-refractivity contribution is 9.09. The Kier molecular flexibility index (Phi) is 3.43. The topological polar surface area (TPSA) is 42.4 Å². The third kappa shape index (κ3) is 2.35. The lowest BCUT2D eigenvalue weighted by atomic mass is 10.4. The van der Waals surface area contributed by atoms with Crippen LogP contribution in [0.5, 0.6) is 5.75 Å². The number of rotatable bonds is 3. The molecule has 0 aromatic carbocycles. The minimum absolute atomic E-state index is 0.100. The Balaban J connectivity index is 2.20. The molecule has 2 rings (SSSR count). The maximum atomic E-state index is 11.7. The lowest BCUT2D eigenvalue weighted by Gasteiger charge is -2.15. The highest BCUT2D eigenvalue weighted by atomic mass is 79.9. The Morgan fingerprint density at radius 3 is 3.12 bits per heavy atom. The van der Waals surface area contributed by atoms with Crippen molar-refractivity contribution in [3.63, 3.8) is 0 Å². The summed E-state index contributed by atoms with van der Waals surface area (Å²) in [5.41, 5.74) is 0. The average Bonchev–Trinajstić information content (AvgIpc) is 2.59. The number of nitrogens with zero attached hydrogens (tertiary/aromatic N) is 2. The fourth-order valence-electron chi connectivity index (χ4n) is 1.69. The summed E-state index contributed by atoms with van der Waals surface area (Å²) in [7, 11) is 0. The molecule has 1 aromatic heterocycles. The van der Waals surface area contributed by atoms with E-state index in [4.69, 9.17) is 4.74 Å². The van der Waals surface area contributed by atoms with Crippen LogP contribution in [0.2, 0.25) is 0 Å². The standard InChI is InChI=1S/C11H13BrN2O2/c1-2-16-9-3-4-13-10(6-9)14-7-8(12)5-11(14)15/h3-4,6,8H,2,5,7H2,1H3. The first-order valence-corrected chi connectivity index (χ1v) is 6.15. The van der Waals surface area contributed by atoms with Gasteiger partial charge in [0.25, 0.3) is 0 Å². The van der Waals surface area contributed by atoms with E-state index in [9.17, 15) is 4.79 Å². The second-order valence-electron chi connectivity index (χ2n) is 3.59. The quantitative estimate of drug-likeness (QED) is 0.797. The van der Waals surface area contributed by atoms with Gasteiger partial charge >= 0.3 is 0 Å². The molecule has 0 radical (unpaired) electrons. The van der Waals surface area contributed by atoms with Crippen LogP contribution in [0.3, 0.4) is 0 Å². The van der Waals surface area contributed by atoms with Gasteiger partial charge in [-0.25, -0.2) is 4.98 Å². The summed E-state index contributed by atoms with van der Waals surface area (Å²) in [5, 5.41) is 0. The fourth-order valence-corrected chi connectivity index (χ4v) is 2.26. The van der Waals surface area contributed by atoms with Crippen molar-refractivity contribution < 1.29 is 9.53 Å². The number of alkyl halides is 1. The van der Waals surface area contributed by atoms with E-state index in [0.29, 0.717) is 25.4 Å². The van der Waals surface area contributed by atoms with Gasteiger partial charge in [-0.05, 0) is 13.0 Å². The molecule has 16 heavy (non-hydrogen) atoms. The van der Waals surface area contributed by atoms with Crippen LogP contribution in [0, 0.1) is 0 Å². The number of hydrogen-bond donors (Lipinski definition) is 0. The third-order valence-electron chi connectivity index (χ3n) is 2.38. The molecule has 0 aliphatic carbocycles. The molecule has 1 saturated heterocycles. The zero-order valence-electron chi connectivity index (χ0n) is 9.02. The number of carbonyl (C=O) groups excluding carboxylic acids is 1. The zero-order valence-corrected chi connectivity index (χ0v) is 10.6. The molecule has 1 aliphatic heterocycles. The lowest BCUT2D eigenvalue weighted by molar-refractivity contribution is -0.117. The number of pyridine rings is 1. The number of halogens is 1. The van der Waals surface area contributed by atoms with Crippen molar-refractivity contribution in [1.29, 1.82) is 0 Å². The van der Waals surface area contributed by atoms with E-state index in [2.05, 4.69) is 20.9 Å². The zero-order chi connectivity index (χ0) is 11.5. The van der Waals surface area contributed by atoms with E-state index in [-0.39, 0.29) is 10.7 Å². The molecule has 1 unspecified atom stereocenters. The molecule has 0 saturated carbocycles. The van der Waals surface area contributed by atoms with E-state index in [1.165, 1.54) is 0 Å². The van der Waals surface area contributed by atoms with Crippen molar-refractivity contribution >= 4 is 27.7 Å². The Morgan fingerprint density at radius 2 is 2.50 bits per heavy atom. The maximum Gasteiger partial charge on any atom is 0.229 e. The maximum absolute atomic E-state index is 11.7. The predicted molar refractivity (Wildman–Crippen MR) is 65.1 cm³/mol. The van der Waals surface area contributed by atoms with Crippen molar-refractivity contribution in [2.45, 2.75) is 18.2 Å². The summed E-state index contributed by atoms with van der Waals surface area (Å²) in [4.78, 5) is 17.8. The van der Waals surface area contributed by atoms with E-state index in [0.717, 1.165) is 5.75 Å². The number of hydrogen-bond acceptors (Lipinski definition) is 3.